The van der Waals surface area contributed by atoms with Crippen molar-refractivity contribution in [2.45, 2.75) is 46.1 Å². The monoisotopic (exact) mass is 384 g/mol. The molecule has 0 radical (unpaired) electrons. The Balaban J connectivity index is 1.91. The lowest BCUT2D eigenvalue weighted by Crippen LogP contribution is -2.11. The van der Waals surface area contributed by atoms with Gasteiger partial charge >= 0.3 is 0 Å². The highest BCUT2D eigenvalue weighted by Gasteiger charge is 2.17. The van der Waals surface area contributed by atoms with Gasteiger partial charge in [0.1, 0.15) is 0 Å². The first-order chi connectivity index (χ1) is 14.1. The van der Waals surface area contributed by atoms with Crippen LogP contribution >= 0.6 is 0 Å². The van der Waals surface area contributed by atoms with E-state index in [9.17, 15) is 4.79 Å². The van der Waals surface area contributed by atoms with Crippen LogP contribution in [0, 0.1) is 6.92 Å². The maximum Gasteiger partial charge on any atom is 0.249 e. The van der Waals surface area contributed by atoms with Gasteiger partial charge in [0.15, 0.2) is 0 Å². The number of nitrogens with zero attached hydrogens (tertiary/aromatic N) is 1. The van der Waals surface area contributed by atoms with Crippen molar-refractivity contribution >= 4 is 27.7 Å². The number of nitrogens with two attached hydrogens (primary N) is 1. The summed E-state index contributed by atoms with van der Waals surface area (Å²) in [5.74, 6) is -0.378. The van der Waals surface area contributed by atoms with Crippen molar-refractivity contribution in [2.75, 3.05) is 0 Å². The maximum atomic E-state index is 12.1. The molecule has 1 heterocycles. The van der Waals surface area contributed by atoms with Crippen LogP contribution in [-0.4, -0.2) is 10.5 Å². The number of amides is 1. The lowest BCUT2D eigenvalue weighted by molar-refractivity contribution is 0.100. The van der Waals surface area contributed by atoms with Crippen molar-refractivity contribution in [3.63, 3.8) is 0 Å². The van der Waals surface area contributed by atoms with Crippen molar-refractivity contribution in [3.8, 4) is 0 Å². The molecule has 0 saturated carbocycles. The molecule has 0 fully saturated rings. The molecule has 0 unspecified atom stereocenters. The van der Waals surface area contributed by atoms with Gasteiger partial charge < -0.3 is 10.3 Å². The molecule has 3 nitrogen and oxygen atoms in total. The van der Waals surface area contributed by atoms with Crippen molar-refractivity contribution in [2.24, 2.45) is 5.73 Å². The van der Waals surface area contributed by atoms with Crippen LogP contribution in [0.2, 0.25) is 0 Å². The lowest BCUT2D eigenvalue weighted by Gasteiger charge is -2.09. The van der Waals surface area contributed by atoms with E-state index in [1.54, 1.807) is 0 Å². The van der Waals surface area contributed by atoms with Gasteiger partial charge in [0.25, 0.3) is 0 Å². The Morgan fingerprint density at radius 2 is 1.69 bits per heavy atom. The minimum Gasteiger partial charge on any atom is -0.366 e. The van der Waals surface area contributed by atoms with Gasteiger partial charge in [-0.1, -0.05) is 67.8 Å². The molecule has 0 aliphatic carbocycles. The highest BCUT2D eigenvalue weighted by Crippen LogP contribution is 2.33. The first kappa shape index (κ1) is 19.3. The molecular weight excluding hydrogens is 356 g/mol. The molecule has 0 atom stereocenters. The molecule has 0 aliphatic heterocycles. The number of carbonyl (C=O) groups excluding carboxylic acids is 1. The summed E-state index contributed by atoms with van der Waals surface area (Å²) in [5, 5.41) is 2.06. The summed E-state index contributed by atoms with van der Waals surface area (Å²) in [5.41, 5.74) is 12.4. The van der Waals surface area contributed by atoms with E-state index in [0.717, 1.165) is 29.3 Å². The number of aromatic nitrogens is 1. The van der Waals surface area contributed by atoms with Crippen molar-refractivity contribution in [1.29, 1.82) is 0 Å². The molecule has 3 aromatic carbocycles. The molecule has 1 aromatic heterocycles. The lowest BCUT2D eigenvalue weighted by atomic mass is 10.0. The Bertz CT molecular complexity index is 1170. The van der Waals surface area contributed by atoms with E-state index < -0.39 is 0 Å². The fraction of sp³-hybridized carbons (Fsp3) is 0.269. The quantitative estimate of drug-likeness (QED) is 0.391. The normalized spacial score (nSPS) is 11.4. The summed E-state index contributed by atoms with van der Waals surface area (Å²) < 4.78 is 2.32. The second-order valence-electron chi connectivity index (χ2n) is 7.94. The fourth-order valence-electron chi connectivity index (χ4n) is 4.18. The van der Waals surface area contributed by atoms with E-state index in [1.165, 1.54) is 41.5 Å². The van der Waals surface area contributed by atoms with Crippen molar-refractivity contribution < 1.29 is 4.79 Å². The molecule has 3 heteroatoms. The van der Waals surface area contributed by atoms with E-state index in [0.29, 0.717) is 5.56 Å². The molecular formula is C26H28N2O. The fourth-order valence-corrected chi connectivity index (χ4v) is 4.18. The average Bonchev–Trinajstić information content (AvgIpc) is 3.03. The summed E-state index contributed by atoms with van der Waals surface area (Å²) in [4.78, 5) is 12.1. The van der Waals surface area contributed by atoms with Gasteiger partial charge in [-0.05, 0) is 49.1 Å². The second kappa shape index (κ2) is 8.12. The number of hydrogen-bond acceptors (Lipinski definition) is 1. The molecule has 29 heavy (non-hydrogen) atoms. The van der Waals surface area contributed by atoms with Crippen LogP contribution in [0.25, 0.3) is 21.8 Å². The van der Waals surface area contributed by atoms with Crippen LogP contribution in [0.5, 0.6) is 0 Å². The molecule has 0 bridgehead atoms. The SMILES string of the molecule is CCCCCc1ccc2c3c(C(N)=O)cccc3n(Cc3ccc(C)cc3)c2c1. The van der Waals surface area contributed by atoms with E-state index in [2.05, 4.69) is 66.9 Å². The standard InChI is InChI=1S/C26H28N2O/c1-3-4-5-7-19-14-15-21-24(16-19)28(17-20-12-10-18(2)11-13-20)23-9-6-8-22(25(21)23)26(27)29/h6,8-16H,3-5,7,17H2,1-2H3,(H2,27,29). The van der Waals surface area contributed by atoms with Crippen LogP contribution in [0.1, 0.15) is 53.2 Å². The highest BCUT2D eigenvalue weighted by molar-refractivity contribution is 6.17. The van der Waals surface area contributed by atoms with Gasteiger partial charge in [0, 0.05) is 28.4 Å². The van der Waals surface area contributed by atoms with Gasteiger partial charge in [-0.15, -0.1) is 0 Å². The first-order valence-electron chi connectivity index (χ1n) is 10.5. The van der Waals surface area contributed by atoms with E-state index in [-0.39, 0.29) is 5.91 Å². The number of aryl methyl sites for hydroxylation is 2. The Morgan fingerprint density at radius 1 is 0.931 bits per heavy atom. The molecule has 0 spiro atoms. The zero-order chi connectivity index (χ0) is 20.4. The number of fused-ring (bicyclic) bond motifs is 3. The number of carbonyl (C=O) groups is 1. The predicted molar refractivity (Wildman–Crippen MR) is 121 cm³/mol. The van der Waals surface area contributed by atoms with Gasteiger partial charge in [0.05, 0.1) is 5.52 Å². The molecule has 1 amide bonds. The molecule has 4 aromatic rings. The minimum absolute atomic E-state index is 0.378. The number of benzene rings is 3. The molecule has 2 N–H and O–H groups in total. The summed E-state index contributed by atoms with van der Waals surface area (Å²) >= 11 is 0. The van der Waals surface area contributed by atoms with Gasteiger partial charge in [-0.2, -0.15) is 0 Å². The highest BCUT2D eigenvalue weighted by atomic mass is 16.1. The Labute approximate surface area is 172 Å². The third kappa shape index (κ3) is 3.77. The van der Waals surface area contributed by atoms with Crippen LogP contribution in [-0.2, 0) is 13.0 Å². The third-order valence-corrected chi connectivity index (χ3v) is 5.75. The minimum atomic E-state index is -0.378. The number of rotatable bonds is 7. The predicted octanol–water partition coefficient (Wildman–Crippen LogP) is 5.98. The van der Waals surface area contributed by atoms with Crippen molar-refractivity contribution in [3.05, 3.63) is 82.9 Å². The second-order valence-corrected chi connectivity index (χ2v) is 7.94. The van der Waals surface area contributed by atoms with E-state index in [1.807, 2.05) is 12.1 Å². The summed E-state index contributed by atoms with van der Waals surface area (Å²) in [6.45, 7) is 5.10. The average molecular weight is 385 g/mol. The number of hydrogen-bond donors (Lipinski definition) is 1. The van der Waals surface area contributed by atoms with Gasteiger partial charge in [0.2, 0.25) is 5.91 Å². The van der Waals surface area contributed by atoms with Crippen LogP contribution in [0.15, 0.2) is 60.7 Å². The topological polar surface area (TPSA) is 48.0 Å². The Hall–Kier alpha value is -3.07. The van der Waals surface area contributed by atoms with Crippen molar-refractivity contribution in [1.82, 2.24) is 4.57 Å². The number of primary amides is 1. The first-order valence-corrected chi connectivity index (χ1v) is 10.5. The molecule has 148 valence electrons. The zero-order valence-corrected chi connectivity index (χ0v) is 17.2. The summed E-state index contributed by atoms with van der Waals surface area (Å²) in [6, 6.07) is 21.2. The van der Waals surface area contributed by atoms with Gasteiger partial charge in [-0.3, -0.25) is 4.79 Å². The van der Waals surface area contributed by atoms with Crippen LogP contribution in [0.3, 0.4) is 0 Å². The Kier molecular flexibility index (Phi) is 5.39. The molecule has 0 aliphatic rings. The summed E-state index contributed by atoms with van der Waals surface area (Å²) in [6.07, 6.45) is 4.75. The number of unbranched alkanes of at least 4 members (excludes halogenated alkanes) is 2. The van der Waals surface area contributed by atoms with Gasteiger partial charge in [-0.25, -0.2) is 0 Å². The third-order valence-electron chi connectivity index (χ3n) is 5.75. The van der Waals surface area contributed by atoms with Crippen LogP contribution < -0.4 is 5.73 Å². The van der Waals surface area contributed by atoms with E-state index in [4.69, 9.17) is 5.73 Å². The Morgan fingerprint density at radius 3 is 2.41 bits per heavy atom. The smallest absolute Gasteiger partial charge is 0.249 e. The van der Waals surface area contributed by atoms with E-state index >= 15 is 0 Å². The molecule has 0 saturated heterocycles. The molecule has 4 rings (SSSR count). The largest absolute Gasteiger partial charge is 0.366 e. The van der Waals surface area contributed by atoms with Crippen LogP contribution in [0.4, 0.5) is 0 Å². The zero-order valence-electron chi connectivity index (χ0n) is 17.2. The maximum absolute atomic E-state index is 12.1. The summed E-state index contributed by atoms with van der Waals surface area (Å²) in [7, 11) is 0.